The Morgan fingerprint density at radius 2 is 1.48 bits per heavy atom. The number of sulfone groups is 1. The van der Waals surface area contributed by atoms with Crippen molar-refractivity contribution in [3.8, 4) is 0 Å². The van der Waals surface area contributed by atoms with E-state index in [2.05, 4.69) is 0 Å². The molecular formula is C19H25F5O2S. The van der Waals surface area contributed by atoms with E-state index < -0.39 is 33.2 Å². The lowest BCUT2D eigenvalue weighted by Gasteiger charge is -2.29. The molecule has 0 bridgehead atoms. The highest BCUT2D eigenvalue weighted by Gasteiger charge is 2.38. The third kappa shape index (κ3) is 5.90. The van der Waals surface area contributed by atoms with Gasteiger partial charge in [-0.1, -0.05) is 12.8 Å². The lowest BCUT2D eigenvalue weighted by molar-refractivity contribution is -0.142. The van der Waals surface area contributed by atoms with Gasteiger partial charge >= 0.3 is 6.18 Å². The summed E-state index contributed by atoms with van der Waals surface area (Å²) in [5, 5.41) is -0.389. The van der Waals surface area contributed by atoms with Gasteiger partial charge in [-0.3, -0.25) is 0 Å². The molecule has 0 N–H and O–H groups in total. The molecule has 2 rings (SSSR count). The Balaban J connectivity index is 1.89. The van der Waals surface area contributed by atoms with Crippen molar-refractivity contribution in [2.75, 3.05) is 5.75 Å². The second-order valence-corrected chi connectivity index (χ2v) is 10.3. The maximum Gasteiger partial charge on any atom is 0.422 e. The van der Waals surface area contributed by atoms with Gasteiger partial charge in [0.25, 0.3) is 0 Å². The summed E-state index contributed by atoms with van der Waals surface area (Å²) >= 11 is 0. The number of halogens is 5. The molecule has 8 heteroatoms. The van der Waals surface area contributed by atoms with Gasteiger partial charge in [0.2, 0.25) is 0 Å². The molecule has 0 radical (unpaired) electrons. The van der Waals surface area contributed by atoms with Crippen molar-refractivity contribution >= 4 is 9.84 Å². The number of benzene rings is 1. The molecule has 0 amide bonds. The zero-order valence-corrected chi connectivity index (χ0v) is 16.3. The first-order chi connectivity index (χ1) is 12.4. The first-order valence-corrected chi connectivity index (χ1v) is 10.9. The largest absolute Gasteiger partial charge is 0.422 e. The fraction of sp³-hybridized carbons (Fsp3) is 0.684. The van der Waals surface area contributed by atoms with Crippen molar-refractivity contribution < 1.29 is 30.4 Å². The summed E-state index contributed by atoms with van der Waals surface area (Å²) in [4.78, 5) is 0. The monoisotopic (exact) mass is 412 g/mol. The molecule has 0 aliphatic heterocycles. The second kappa shape index (κ2) is 8.45. The topological polar surface area (TPSA) is 34.1 Å². The van der Waals surface area contributed by atoms with Gasteiger partial charge in [0.15, 0.2) is 9.84 Å². The molecule has 0 saturated heterocycles. The summed E-state index contributed by atoms with van der Waals surface area (Å²) in [6.45, 7) is 3.34. The number of hydrogen-bond acceptors (Lipinski definition) is 2. The van der Waals surface area contributed by atoms with Crippen molar-refractivity contribution in [1.82, 2.24) is 0 Å². The number of rotatable bonds is 6. The van der Waals surface area contributed by atoms with Gasteiger partial charge in [0, 0.05) is 0 Å². The van der Waals surface area contributed by atoms with E-state index in [0.29, 0.717) is 12.8 Å². The van der Waals surface area contributed by atoms with Crippen LogP contribution >= 0.6 is 0 Å². The van der Waals surface area contributed by atoms with Gasteiger partial charge in [-0.05, 0) is 69.1 Å². The Morgan fingerprint density at radius 1 is 1.00 bits per heavy atom. The van der Waals surface area contributed by atoms with Crippen LogP contribution in [0, 0.1) is 23.5 Å². The Kier molecular flexibility index (Phi) is 6.92. The highest BCUT2D eigenvalue weighted by Crippen LogP contribution is 2.36. The van der Waals surface area contributed by atoms with Crippen molar-refractivity contribution in [2.24, 2.45) is 11.8 Å². The van der Waals surface area contributed by atoms with Crippen molar-refractivity contribution in [2.45, 2.75) is 63.8 Å². The van der Waals surface area contributed by atoms with Gasteiger partial charge in [0.1, 0.15) is 17.2 Å². The zero-order valence-electron chi connectivity index (χ0n) is 15.5. The van der Waals surface area contributed by atoms with E-state index >= 15 is 0 Å². The average Bonchev–Trinajstić information content (AvgIpc) is 2.51. The molecule has 1 aromatic carbocycles. The number of hydrogen-bond donors (Lipinski definition) is 0. The molecule has 1 saturated carbocycles. The minimum Gasteiger partial charge on any atom is -0.229 e. The summed E-state index contributed by atoms with van der Waals surface area (Å²) < 4.78 is 89.1. The Morgan fingerprint density at radius 3 is 1.93 bits per heavy atom. The molecule has 0 atom stereocenters. The molecular weight excluding hydrogens is 387 g/mol. The van der Waals surface area contributed by atoms with Crippen LogP contribution in [0.2, 0.25) is 0 Å². The third-order valence-electron chi connectivity index (χ3n) is 5.38. The molecule has 154 valence electrons. The van der Waals surface area contributed by atoms with E-state index in [-0.39, 0.29) is 28.4 Å². The zero-order chi connectivity index (χ0) is 20.4. The smallest absolute Gasteiger partial charge is 0.229 e. The fourth-order valence-electron chi connectivity index (χ4n) is 3.62. The van der Waals surface area contributed by atoms with Crippen molar-refractivity contribution in [1.29, 1.82) is 0 Å². The van der Waals surface area contributed by atoms with E-state index in [0.717, 1.165) is 37.8 Å². The van der Waals surface area contributed by atoms with Crippen LogP contribution in [0.15, 0.2) is 12.1 Å². The molecule has 0 spiro atoms. The molecule has 1 fully saturated rings. The predicted molar refractivity (Wildman–Crippen MR) is 94.1 cm³/mol. The normalized spacial score (nSPS) is 21.6. The van der Waals surface area contributed by atoms with Gasteiger partial charge in [-0.2, -0.15) is 13.2 Å². The SMILES string of the molecule is CC(C)S(=O)(=O)CC1CCC(CCc2cc(F)c(C(F)(F)F)c(F)c2)CC1. The average molecular weight is 412 g/mol. The Hall–Kier alpha value is -1.18. The van der Waals surface area contributed by atoms with Gasteiger partial charge in [0.05, 0.1) is 11.0 Å². The molecule has 27 heavy (non-hydrogen) atoms. The van der Waals surface area contributed by atoms with Gasteiger partial charge < -0.3 is 0 Å². The standard InChI is InChI=1S/C19H25F5O2S/c1-12(2)27(25,26)11-14-6-3-13(4-7-14)5-8-15-9-16(20)18(17(21)10-15)19(22,23)24/h9-10,12-14H,3-8,11H2,1-2H3. The number of alkyl halides is 3. The molecule has 0 unspecified atom stereocenters. The highest BCUT2D eigenvalue weighted by atomic mass is 32.2. The molecule has 1 aromatic rings. The van der Waals surface area contributed by atoms with E-state index in [1.54, 1.807) is 13.8 Å². The summed E-state index contributed by atoms with van der Waals surface area (Å²) in [6.07, 6.45) is -0.923. The summed E-state index contributed by atoms with van der Waals surface area (Å²) in [7, 11) is -3.07. The fourth-order valence-corrected chi connectivity index (χ4v) is 4.99. The minimum absolute atomic E-state index is 0.134. The molecule has 2 nitrogen and oxygen atoms in total. The van der Waals surface area contributed by atoms with Crippen LogP contribution in [0.25, 0.3) is 0 Å². The predicted octanol–water partition coefficient (Wildman–Crippen LogP) is 5.55. The summed E-state index contributed by atoms with van der Waals surface area (Å²) in [5.74, 6) is -2.56. The summed E-state index contributed by atoms with van der Waals surface area (Å²) in [5.41, 5.74) is -1.64. The first-order valence-electron chi connectivity index (χ1n) is 9.17. The van der Waals surface area contributed by atoms with Crippen LogP contribution < -0.4 is 0 Å². The van der Waals surface area contributed by atoms with Crippen LogP contribution in [0.3, 0.4) is 0 Å². The van der Waals surface area contributed by atoms with E-state index in [4.69, 9.17) is 0 Å². The maximum absolute atomic E-state index is 13.6. The van der Waals surface area contributed by atoms with Gasteiger partial charge in [-0.15, -0.1) is 0 Å². The maximum atomic E-state index is 13.6. The lowest BCUT2D eigenvalue weighted by atomic mass is 9.80. The van der Waals surface area contributed by atoms with E-state index in [9.17, 15) is 30.4 Å². The van der Waals surface area contributed by atoms with Crippen LogP contribution in [0.1, 0.15) is 57.1 Å². The minimum atomic E-state index is -5.05. The van der Waals surface area contributed by atoms with Crippen LogP contribution in [-0.2, 0) is 22.4 Å². The first kappa shape index (κ1) is 22.1. The summed E-state index contributed by atoms with van der Waals surface area (Å²) in [6, 6.07) is 1.51. The number of aryl methyl sites for hydroxylation is 1. The quantitative estimate of drug-likeness (QED) is 0.575. The second-order valence-electron chi connectivity index (χ2n) is 7.74. The van der Waals surface area contributed by atoms with Crippen molar-refractivity contribution in [3.63, 3.8) is 0 Å². The third-order valence-corrected chi connectivity index (χ3v) is 7.75. The molecule has 0 aromatic heterocycles. The van der Waals surface area contributed by atoms with Crippen molar-refractivity contribution in [3.05, 3.63) is 34.9 Å². The van der Waals surface area contributed by atoms with Crippen LogP contribution in [0.5, 0.6) is 0 Å². The van der Waals surface area contributed by atoms with Gasteiger partial charge in [-0.25, -0.2) is 17.2 Å². The van der Waals surface area contributed by atoms with Crippen LogP contribution in [-0.4, -0.2) is 19.4 Å². The van der Waals surface area contributed by atoms with E-state index in [1.165, 1.54) is 0 Å². The highest BCUT2D eigenvalue weighted by molar-refractivity contribution is 7.91. The molecule has 0 heterocycles. The molecule has 1 aliphatic rings. The Bertz CT molecular complexity index is 725. The Labute approximate surface area is 157 Å². The van der Waals surface area contributed by atoms with Crippen LogP contribution in [0.4, 0.5) is 22.0 Å². The van der Waals surface area contributed by atoms with E-state index in [1.807, 2.05) is 0 Å². The molecule has 1 aliphatic carbocycles. The lowest BCUT2D eigenvalue weighted by Crippen LogP contribution is -2.26.